The molecule has 31 heavy (non-hydrogen) atoms. The van der Waals surface area contributed by atoms with Gasteiger partial charge in [0.1, 0.15) is 24.2 Å². The lowest BCUT2D eigenvalue weighted by Crippen LogP contribution is -2.29. The highest BCUT2D eigenvalue weighted by molar-refractivity contribution is 5.71. The summed E-state index contributed by atoms with van der Waals surface area (Å²) in [5, 5.41) is 17.0. The van der Waals surface area contributed by atoms with E-state index in [-0.39, 0.29) is 6.61 Å². The molecule has 0 radical (unpaired) electrons. The first-order valence-electron chi connectivity index (χ1n) is 10.8. The predicted molar refractivity (Wildman–Crippen MR) is 119 cm³/mol. The Morgan fingerprint density at radius 1 is 1.23 bits per heavy atom. The van der Waals surface area contributed by atoms with Crippen molar-refractivity contribution in [3.05, 3.63) is 47.0 Å². The van der Waals surface area contributed by atoms with E-state index in [0.29, 0.717) is 24.0 Å². The Labute approximate surface area is 182 Å². The van der Waals surface area contributed by atoms with Crippen molar-refractivity contribution in [2.75, 3.05) is 20.2 Å². The second-order valence-corrected chi connectivity index (χ2v) is 8.36. The number of aromatic nitrogens is 3. The normalized spacial score (nSPS) is 14.6. The standard InChI is InChI=1S/C24H30N4O3/c1-14-21(10-17-8-9-17)26-24(27-23(14)22-15(2)28-31-16(22)3)18-6-5-7-20(11-18)30-13-19(29)12-25-4/h5-7,11,17,19,25,29H,8-10,12-13H2,1-4H3. The largest absolute Gasteiger partial charge is 0.491 e. The van der Waals surface area contributed by atoms with Gasteiger partial charge in [-0.2, -0.15) is 0 Å². The highest BCUT2D eigenvalue weighted by Crippen LogP contribution is 2.36. The molecule has 2 N–H and O–H groups in total. The Morgan fingerprint density at radius 2 is 2.03 bits per heavy atom. The molecule has 1 aliphatic rings. The zero-order chi connectivity index (χ0) is 22.0. The lowest BCUT2D eigenvalue weighted by molar-refractivity contribution is 0.108. The van der Waals surface area contributed by atoms with Gasteiger partial charge < -0.3 is 19.7 Å². The topological polar surface area (TPSA) is 93.3 Å². The Bertz CT molecular complexity index is 1040. The number of likely N-dealkylation sites (N-methyl/N-ethyl adjacent to an activating group) is 1. The van der Waals surface area contributed by atoms with Gasteiger partial charge in [-0.3, -0.25) is 0 Å². The van der Waals surface area contributed by atoms with Crippen molar-refractivity contribution in [1.29, 1.82) is 0 Å². The second kappa shape index (κ2) is 9.16. The van der Waals surface area contributed by atoms with Gasteiger partial charge in [-0.25, -0.2) is 9.97 Å². The number of ether oxygens (including phenoxy) is 1. The van der Waals surface area contributed by atoms with E-state index in [1.807, 2.05) is 38.1 Å². The number of benzene rings is 1. The zero-order valence-corrected chi connectivity index (χ0v) is 18.6. The number of nitrogens with zero attached hydrogens (tertiary/aromatic N) is 3. The van der Waals surface area contributed by atoms with Crippen molar-refractivity contribution in [2.45, 2.75) is 46.1 Å². The first kappa shape index (κ1) is 21.5. The summed E-state index contributed by atoms with van der Waals surface area (Å²) in [7, 11) is 1.80. The van der Waals surface area contributed by atoms with Gasteiger partial charge in [0.25, 0.3) is 0 Å². The van der Waals surface area contributed by atoms with Crippen LogP contribution >= 0.6 is 0 Å². The summed E-state index contributed by atoms with van der Waals surface area (Å²) in [6.45, 7) is 6.65. The molecule has 0 aliphatic heterocycles. The van der Waals surface area contributed by atoms with E-state index in [1.165, 1.54) is 12.8 Å². The number of aliphatic hydroxyl groups is 1. The van der Waals surface area contributed by atoms with E-state index in [0.717, 1.165) is 46.0 Å². The number of hydrogen-bond donors (Lipinski definition) is 2. The molecule has 4 rings (SSSR count). The summed E-state index contributed by atoms with van der Waals surface area (Å²) in [5.74, 6) is 2.82. The number of rotatable bonds is 9. The number of nitrogens with one attached hydrogen (secondary N) is 1. The number of aliphatic hydroxyl groups excluding tert-OH is 1. The van der Waals surface area contributed by atoms with Gasteiger partial charge in [-0.15, -0.1) is 0 Å². The molecule has 2 aromatic heterocycles. The van der Waals surface area contributed by atoms with Crippen LogP contribution in [0.1, 0.15) is 35.6 Å². The average molecular weight is 423 g/mol. The van der Waals surface area contributed by atoms with Crippen molar-refractivity contribution in [3.63, 3.8) is 0 Å². The molecule has 7 nitrogen and oxygen atoms in total. The highest BCUT2D eigenvalue weighted by Gasteiger charge is 2.26. The number of hydrogen-bond acceptors (Lipinski definition) is 7. The van der Waals surface area contributed by atoms with Crippen molar-refractivity contribution < 1.29 is 14.4 Å². The van der Waals surface area contributed by atoms with Gasteiger partial charge in [0.2, 0.25) is 0 Å². The molecule has 1 aromatic carbocycles. The van der Waals surface area contributed by atoms with Crippen LogP contribution < -0.4 is 10.1 Å². The number of aryl methyl sites for hydroxylation is 2. The lowest BCUT2D eigenvalue weighted by atomic mass is 10.0. The third-order valence-corrected chi connectivity index (χ3v) is 5.67. The summed E-state index contributed by atoms with van der Waals surface area (Å²) >= 11 is 0. The molecule has 1 saturated carbocycles. The van der Waals surface area contributed by atoms with Crippen LogP contribution in [-0.4, -0.2) is 46.5 Å². The monoisotopic (exact) mass is 422 g/mol. The summed E-state index contributed by atoms with van der Waals surface area (Å²) < 4.78 is 11.2. The van der Waals surface area contributed by atoms with Crippen LogP contribution in [0.3, 0.4) is 0 Å². The molecular formula is C24H30N4O3. The third-order valence-electron chi connectivity index (χ3n) is 5.67. The molecule has 164 valence electrons. The van der Waals surface area contributed by atoms with Gasteiger partial charge in [0.15, 0.2) is 5.82 Å². The third kappa shape index (κ3) is 4.94. The van der Waals surface area contributed by atoms with Gasteiger partial charge in [0.05, 0.1) is 17.0 Å². The maximum Gasteiger partial charge on any atom is 0.160 e. The minimum atomic E-state index is -0.569. The van der Waals surface area contributed by atoms with Crippen LogP contribution in [0.25, 0.3) is 22.6 Å². The Hall–Kier alpha value is -2.77. The van der Waals surface area contributed by atoms with Crippen LogP contribution in [0.4, 0.5) is 0 Å². The minimum absolute atomic E-state index is 0.219. The van der Waals surface area contributed by atoms with Gasteiger partial charge >= 0.3 is 0 Å². The molecule has 1 unspecified atom stereocenters. The molecule has 0 saturated heterocycles. The van der Waals surface area contributed by atoms with Crippen LogP contribution in [0.2, 0.25) is 0 Å². The first-order chi connectivity index (χ1) is 15.0. The fraction of sp³-hybridized carbons (Fsp3) is 0.458. The maximum atomic E-state index is 9.92. The molecule has 3 aromatic rings. The fourth-order valence-electron chi connectivity index (χ4n) is 3.76. The molecule has 1 fully saturated rings. The first-order valence-corrected chi connectivity index (χ1v) is 10.8. The smallest absolute Gasteiger partial charge is 0.160 e. The lowest BCUT2D eigenvalue weighted by Gasteiger charge is -2.14. The molecule has 7 heteroatoms. The van der Waals surface area contributed by atoms with Crippen LogP contribution in [0, 0.1) is 26.7 Å². The molecule has 1 atom stereocenters. The predicted octanol–water partition coefficient (Wildman–Crippen LogP) is 3.64. The van der Waals surface area contributed by atoms with Gasteiger partial charge in [-0.05, 0) is 70.7 Å². The van der Waals surface area contributed by atoms with E-state index < -0.39 is 6.10 Å². The SMILES string of the molecule is CNCC(O)COc1cccc(-c2nc(CC3CC3)c(C)c(-c3c(C)noc3C)n2)c1. The second-order valence-electron chi connectivity index (χ2n) is 8.36. The van der Waals surface area contributed by atoms with Crippen LogP contribution in [-0.2, 0) is 6.42 Å². The summed E-state index contributed by atoms with van der Waals surface area (Å²) in [6, 6.07) is 7.72. The minimum Gasteiger partial charge on any atom is -0.491 e. The average Bonchev–Trinajstić information content (AvgIpc) is 3.51. The molecule has 1 aliphatic carbocycles. The van der Waals surface area contributed by atoms with E-state index >= 15 is 0 Å². The Kier molecular flexibility index (Phi) is 6.34. The molecule has 0 spiro atoms. The van der Waals surface area contributed by atoms with E-state index in [1.54, 1.807) is 7.05 Å². The Morgan fingerprint density at radius 3 is 2.71 bits per heavy atom. The summed E-state index contributed by atoms with van der Waals surface area (Å²) in [5.41, 5.74) is 5.71. The van der Waals surface area contributed by atoms with Crippen LogP contribution in [0.5, 0.6) is 5.75 Å². The van der Waals surface area contributed by atoms with Crippen molar-refractivity contribution in [1.82, 2.24) is 20.4 Å². The van der Waals surface area contributed by atoms with Crippen molar-refractivity contribution in [2.24, 2.45) is 5.92 Å². The summed E-state index contributed by atoms with van der Waals surface area (Å²) in [6.07, 6.45) is 2.92. The van der Waals surface area contributed by atoms with E-state index in [2.05, 4.69) is 17.4 Å². The fourth-order valence-corrected chi connectivity index (χ4v) is 3.76. The zero-order valence-electron chi connectivity index (χ0n) is 18.6. The van der Waals surface area contributed by atoms with E-state index in [9.17, 15) is 5.11 Å². The quantitative estimate of drug-likeness (QED) is 0.544. The Balaban J connectivity index is 1.71. The summed E-state index contributed by atoms with van der Waals surface area (Å²) in [4.78, 5) is 9.88. The molecule has 2 heterocycles. The van der Waals surface area contributed by atoms with E-state index in [4.69, 9.17) is 19.2 Å². The van der Waals surface area contributed by atoms with Gasteiger partial charge in [-0.1, -0.05) is 17.3 Å². The molecule has 0 bridgehead atoms. The highest BCUT2D eigenvalue weighted by atomic mass is 16.5. The van der Waals surface area contributed by atoms with Crippen LogP contribution in [0.15, 0.2) is 28.8 Å². The molecular weight excluding hydrogens is 392 g/mol. The molecule has 0 amide bonds. The van der Waals surface area contributed by atoms with Crippen molar-refractivity contribution in [3.8, 4) is 28.4 Å². The van der Waals surface area contributed by atoms with Gasteiger partial charge in [0, 0.05) is 17.8 Å². The van der Waals surface area contributed by atoms with Crippen molar-refractivity contribution >= 4 is 0 Å². The maximum absolute atomic E-state index is 9.92.